The standard InChI is InChI=1S/C13H13N3O3S3/c1-13(2)9-6-8(7-14-11(9)15-12(20)19-13)16-22(17,18)10-4-3-5-21-10/h3-7,16H,1-2H3,(H,14,15,20). The number of hydrogen-bond acceptors (Lipinski definition) is 6. The molecule has 22 heavy (non-hydrogen) atoms. The van der Waals surface area contributed by atoms with Crippen molar-refractivity contribution in [1.29, 1.82) is 0 Å². The summed E-state index contributed by atoms with van der Waals surface area (Å²) in [5.74, 6) is 0.570. The molecule has 2 aromatic heterocycles. The van der Waals surface area contributed by atoms with E-state index in [1.54, 1.807) is 23.6 Å². The predicted molar refractivity (Wildman–Crippen MR) is 89.7 cm³/mol. The zero-order valence-electron chi connectivity index (χ0n) is 11.8. The van der Waals surface area contributed by atoms with Gasteiger partial charge in [0, 0.05) is 5.56 Å². The third-order valence-electron chi connectivity index (χ3n) is 3.12. The topological polar surface area (TPSA) is 80.3 Å². The van der Waals surface area contributed by atoms with Gasteiger partial charge in [-0.15, -0.1) is 11.3 Å². The second kappa shape index (κ2) is 5.18. The van der Waals surface area contributed by atoms with Gasteiger partial charge in [0.05, 0.1) is 11.9 Å². The quantitative estimate of drug-likeness (QED) is 0.824. The molecule has 2 aromatic rings. The van der Waals surface area contributed by atoms with Crippen LogP contribution in [0.15, 0.2) is 34.0 Å². The molecule has 0 amide bonds. The van der Waals surface area contributed by atoms with E-state index in [4.69, 9.17) is 17.0 Å². The van der Waals surface area contributed by atoms with E-state index in [9.17, 15) is 8.42 Å². The summed E-state index contributed by atoms with van der Waals surface area (Å²) in [6.45, 7) is 3.69. The van der Waals surface area contributed by atoms with E-state index < -0.39 is 15.6 Å². The molecule has 0 fully saturated rings. The van der Waals surface area contributed by atoms with Crippen molar-refractivity contribution in [2.75, 3.05) is 10.0 Å². The van der Waals surface area contributed by atoms with Gasteiger partial charge in [0.1, 0.15) is 15.6 Å². The normalized spacial score (nSPS) is 16.4. The summed E-state index contributed by atoms with van der Waals surface area (Å²) in [5.41, 5.74) is 0.417. The number of sulfonamides is 1. The van der Waals surface area contributed by atoms with Gasteiger partial charge in [-0.3, -0.25) is 4.72 Å². The summed E-state index contributed by atoms with van der Waals surface area (Å²) in [6.07, 6.45) is 1.45. The first-order valence-corrected chi connectivity index (χ1v) is 9.12. The molecule has 0 spiro atoms. The molecule has 3 heterocycles. The molecule has 2 N–H and O–H groups in total. The number of ether oxygens (including phenoxy) is 1. The first-order valence-electron chi connectivity index (χ1n) is 6.35. The number of hydrogen-bond donors (Lipinski definition) is 2. The predicted octanol–water partition coefficient (Wildman–Crippen LogP) is 2.91. The molecule has 1 aliphatic rings. The van der Waals surface area contributed by atoms with Crippen LogP contribution in [0.3, 0.4) is 0 Å². The lowest BCUT2D eigenvalue weighted by atomic mass is 9.97. The number of nitrogens with one attached hydrogen (secondary N) is 2. The zero-order valence-corrected chi connectivity index (χ0v) is 14.2. The maximum atomic E-state index is 12.2. The Morgan fingerprint density at radius 2 is 2.23 bits per heavy atom. The fraction of sp³-hybridized carbons (Fsp3) is 0.231. The summed E-state index contributed by atoms with van der Waals surface area (Å²) >= 11 is 6.17. The third-order valence-corrected chi connectivity index (χ3v) is 6.08. The average molecular weight is 355 g/mol. The molecule has 0 bridgehead atoms. The Balaban J connectivity index is 1.96. The van der Waals surface area contributed by atoms with Crippen LogP contribution in [0.4, 0.5) is 11.5 Å². The van der Waals surface area contributed by atoms with Crippen LogP contribution < -0.4 is 10.0 Å². The average Bonchev–Trinajstić information content (AvgIpc) is 2.93. The van der Waals surface area contributed by atoms with Crippen LogP contribution in [0.2, 0.25) is 0 Å². The van der Waals surface area contributed by atoms with Gasteiger partial charge in [0.25, 0.3) is 15.2 Å². The number of nitrogens with zero attached hydrogens (tertiary/aromatic N) is 1. The minimum absolute atomic E-state index is 0.247. The Bertz CT molecular complexity index is 829. The molecule has 0 atom stereocenters. The van der Waals surface area contributed by atoms with Crippen LogP contribution in [0.5, 0.6) is 0 Å². The summed E-state index contributed by atoms with van der Waals surface area (Å²) < 4.78 is 32.8. The van der Waals surface area contributed by atoms with Crippen molar-refractivity contribution in [3.8, 4) is 0 Å². The highest BCUT2D eigenvalue weighted by atomic mass is 32.2. The largest absolute Gasteiger partial charge is 0.460 e. The molecule has 3 rings (SSSR count). The highest BCUT2D eigenvalue weighted by molar-refractivity contribution is 7.94. The number of thiophene rings is 1. The number of aromatic nitrogens is 1. The van der Waals surface area contributed by atoms with Gasteiger partial charge >= 0.3 is 0 Å². The van der Waals surface area contributed by atoms with E-state index in [2.05, 4.69) is 15.0 Å². The lowest BCUT2D eigenvalue weighted by Crippen LogP contribution is -2.35. The van der Waals surface area contributed by atoms with Crippen LogP contribution >= 0.6 is 23.6 Å². The highest BCUT2D eigenvalue weighted by Crippen LogP contribution is 2.36. The van der Waals surface area contributed by atoms with Crippen molar-refractivity contribution in [3.63, 3.8) is 0 Å². The molecule has 0 unspecified atom stereocenters. The van der Waals surface area contributed by atoms with E-state index >= 15 is 0 Å². The highest BCUT2D eigenvalue weighted by Gasteiger charge is 2.33. The first-order chi connectivity index (χ1) is 10.3. The third kappa shape index (κ3) is 2.79. The van der Waals surface area contributed by atoms with E-state index in [0.29, 0.717) is 11.5 Å². The van der Waals surface area contributed by atoms with Crippen molar-refractivity contribution in [2.24, 2.45) is 0 Å². The minimum Gasteiger partial charge on any atom is -0.460 e. The van der Waals surface area contributed by atoms with Gasteiger partial charge in [0.2, 0.25) is 0 Å². The Morgan fingerprint density at radius 1 is 1.45 bits per heavy atom. The summed E-state index contributed by atoms with van der Waals surface area (Å²) in [7, 11) is -3.60. The van der Waals surface area contributed by atoms with Gasteiger partial charge in [0.15, 0.2) is 0 Å². The second-order valence-corrected chi connectivity index (χ2v) is 8.41. The molecule has 0 aromatic carbocycles. The number of rotatable bonds is 3. The fourth-order valence-electron chi connectivity index (χ4n) is 2.11. The molecule has 0 aliphatic carbocycles. The molecule has 0 saturated carbocycles. The lowest BCUT2D eigenvalue weighted by molar-refractivity contribution is 0.0942. The first kappa shape index (κ1) is 15.2. The van der Waals surface area contributed by atoms with Crippen LogP contribution in [-0.4, -0.2) is 18.6 Å². The molecule has 0 saturated heterocycles. The number of fused-ring (bicyclic) bond motifs is 1. The van der Waals surface area contributed by atoms with Crippen molar-refractivity contribution in [2.45, 2.75) is 23.7 Å². The second-order valence-electron chi connectivity index (χ2n) is 5.18. The molecule has 6 nitrogen and oxygen atoms in total. The van der Waals surface area contributed by atoms with Gasteiger partial charge in [-0.25, -0.2) is 13.4 Å². The molecular weight excluding hydrogens is 342 g/mol. The summed E-state index contributed by atoms with van der Waals surface area (Å²) in [6, 6.07) is 4.93. The van der Waals surface area contributed by atoms with Crippen LogP contribution in [0.25, 0.3) is 0 Å². The van der Waals surface area contributed by atoms with Crippen molar-refractivity contribution in [3.05, 3.63) is 35.3 Å². The maximum absolute atomic E-state index is 12.2. The number of thiocarbonyl (C=S) groups is 1. The SMILES string of the molecule is CC1(C)OC(=S)Nc2ncc(NS(=O)(=O)c3cccs3)cc21. The molecule has 116 valence electrons. The van der Waals surface area contributed by atoms with E-state index in [-0.39, 0.29) is 9.38 Å². The molecule has 0 radical (unpaired) electrons. The summed E-state index contributed by atoms with van der Waals surface area (Å²) in [4.78, 5) is 4.23. The van der Waals surface area contributed by atoms with Gasteiger partial charge in [-0.1, -0.05) is 6.07 Å². The summed E-state index contributed by atoms with van der Waals surface area (Å²) in [5, 5.41) is 4.81. The van der Waals surface area contributed by atoms with Gasteiger partial charge < -0.3 is 10.1 Å². The monoisotopic (exact) mass is 355 g/mol. The molecular formula is C13H13N3O3S3. The van der Waals surface area contributed by atoms with Crippen molar-refractivity contribution < 1.29 is 13.2 Å². The number of pyridine rings is 1. The van der Waals surface area contributed by atoms with Crippen molar-refractivity contribution in [1.82, 2.24) is 4.98 Å². The van der Waals surface area contributed by atoms with E-state index in [0.717, 1.165) is 16.9 Å². The minimum atomic E-state index is -3.60. The Morgan fingerprint density at radius 3 is 2.91 bits per heavy atom. The number of anilines is 2. The zero-order chi connectivity index (χ0) is 16.0. The molecule has 9 heteroatoms. The maximum Gasteiger partial charge on any atom is 0.271 e. The van der Waals surface area contributed by atoms with E-state index in [1.807, 2.05) is 13.8 Å². The van der Waals surface area contributed by atoms with Gasteiger partial charge in [-0.05, 0) is 43.6 Å². The lowest BCUT2D eigenvalue weighted by Gasteiger charge is -2.33. The molecule has 1 aliphatic heterocycles. The van der Waals surface area contributed by atoms with E-state index in [1.165, 1.54) is 6.20 Å². The Hall–Kier alpha value is -1.71. The van der Waals surface area contributed by atoms with Crippen molar-refractivity contribution >= 4 is 50.3 Å². The van der Waals surface area contributed by atoms with Crippen LogP contribution in [0, 0.1) is 0 Å². The fourth-order valence-corrected chi connectivity index (χ4v) is 4.44. The van der Waals surface area contributed by atoms with Gasteiger partial charge in [-0.2, -0.15) is 0 Å². The van der Waals surface area contributed by atoms with Crippen LogP contribution in [-0.2, 0) is 20.4 Å². The van der Waals surface area contributed by atoms with Crippen LogP contribution in [0.1, 0.15) is 19.4 Å². The Kier molecular flexibility index (Phi) is 3.58. The Labute approximate surface area is 137 Å². The smallest absolute Gasteiger partial charge is 0.271 e.